The third-order valence-electron chi connectivity index (χ3n) is 9.89. The molecule has 51 heavy (non-hydrogen) atoms. The van der Waals surface area contributed by atoms with Crippen molar-refractivity contribution in [1.29, 1.82) is 0 Å². The Bertz CT molecular complexity index is 2850. The van der Waals surface area contributed by atoms with Crippen molar-refractivity contribution in [1.82, 2.24) is 0 Å². The van der Waals surface area contributed by atoms with Gasteiger partial charge in [0.1, 0.15) is 11.2 Å². The van der Waals surface area contributed by atoms with Crippen LogP contribution < -0.4 is 4.90 Å². The topological polar surface area (TPSA) is 16.4 Å². The summed E-state index contributed by atoms with van der Waals surface area (Å²) in [4.78, 5) is 2.44. The first kappa shape index (κ1) is 29.5. The highest BCUT2D eigenvalue weighted by Crippen LogP contribution is 2.47. The molecular formula is C48H31NOS. The van der Waals surface area contributed by atoms with Crippen molar-refractivity contribution < 1.29 is 4.42 Å². The van der Waals surface area contributed by atoms with Gasteiger partial charge in [0.15, 0.2) is 0 Å². The lowest BCUT2D eigenvalue weighted by atomic mass is 9.99. The first-order valence-corrected chi connectivity index (χ1v) is 18.1. The lowest BCUT2D eigenvalue weighted by molar-refractivity contribution is 0.670. The number of furan rings is 1. The SMILES string of the molecule is c1ccc(-c2ccccc2N(c2ccc(-c3ccc4oc5c(-c6ccccc6)cccc5c4c3)cc2)c2cccc3sc4ccccc4c23)cc1. The van der Waals surface area contributed by atoms with E-state index in [0.717, 1.165) is 55.6 Å². The van der Waals surface area contributed by atoms with Crippen molar-refractivity contribution in [2.45, 2.75) is 0 Å². The second-order valence-electron chi connectivity index (χ2n) is 12.9. The van der Waals surface area contributed by atoms with E-state index in [4.69, 9.17) is 4.42 Å². The molecule has 2 heterocycles. The average Bonchev–Trinajstić information content (AvgIpc) is 3.78. The monoisotopic (exact) mass is 669 g/mol. The predicted molar refractivity (Wildman–Crippen MR) is 218 cm³/mol. The minimum absolute atomic E-state index is 0.897. The maximum atomic E-state index is 6.48. The molecule has 10 rings (SSSR count). The summed E-state index contributed by atoms with van der Waals surface area (Å²) in [6, 6.07) is 67.3. The molecule has 10 aromatic rings. The van der Waals surface area contributed by atoms with Crippen LogP contribution >= 0.6 is 11.3 Å². The second kappa shape index (κ2) is 12.2. The number of nitrogens with zero attached hydrogens (tertiary/aromatic N) is 1. The minimum Gasteiger partial charge on any atom is -0.455 e. The van der Waals surface area contributed by atoms with Crippen LogP contribution in [0.25, 0.3) is 75.5 Å². The number of hydrogen-bond acceptors (Lipinski definition) is 3. The van der Waals surface area contributed by atoms with E-state index >= 15 is 0 Å². The third kappa shape index (κ3) is 5.01. The average molecular weight is 670 g/mol. The van der Waals surface area contributed by atoms with Gasteiger partial charge in [0.05, 0.1) is 11.4 Å². The summed E-state index contributed by atoms with van der Waals surface area (Å²) in [5.41, 5.74) is 12.2. The van der Waals surface area contributed by atoms with Crippen molar-refractivity contribution in [3.63, 3.8) is 0 Å². The lowest BCUT2D eigenvalue weighted by Gasteiger charge is -2.29. The lowest BCUT2D eigenvalue weighted by Crippen LogP contribution is -2.11. The highest BCUT2D eigenvalue weighted by atomic mass is 32.1. The van der Waals surface area contributed by atoms with Gasteiger partial charge in [-0.2, -0.15) is 0 Å². The van der Waals surface area contributed by atoms with Crippen LogP contribution in [0.15, 0.2) is 192 Å². The third-order valence-corrected chi connectivity index (χ3v) is 11.0. The highest BCUT2D eigenvalue weighted by Gasteiger charge is 2.21. The summed E-state index contributed by atoms with van der Waals surface area (Å²) >= 11 is 1.85. The molecule has 2 aromatic heterocycles. The van der Waals surface area contributed by atoms with Gasteiger partial charge in [0.25, 0.3) is 0 Å². The Kier molecular flexibility index (Phi) is 7.04. The normalized spacial score (nSPS) is 11.5. The van der Waals surface area contributed by atoms with Crippen LogP contribution in [0.2, 0.25) is 0 Å². The number of hydrogen-bond donors (Lipinski definition) is 0. The molecule has 8 aromatic carbocycles. The Balaban J connectivity index is 1.12. The maximum Gasteiger partial charge on any atom is 0.143 e. The fourth-order valence-electron chi connectivity index (χ4n) is 7.51. The molecule has 0 atom stereocenters. The molecule has 0 aliphatic heterocycles. The molecular weight excluding hydrogens is 639 g/mol. The summed E-state index contributed by atoms with van der Waals surface area (Å²) in [6.07, 6.45) is 0. The van der Waals surface area contributed by atoms with Crippen LogP contribution in [-0.2, 0) is 0 Å². The Hall–Kier alpha value is -6.42. The van der Waals surface area contributed by atoms with E-state index in [0.29, 0.717) is 0 Å². The van der Waals surface area contributed by atoms with Crippen molar-refractivity contribution in [3.05, 3.63) is 188 Å². The van der Waals surface area contributed by atoms with Gasteiger partial charge < -0.3 is 9.32 Å². The molecule has 3 heteroatoms. The van der Waals surface area contributed by atoms with Crippen LogP contribution in [0.4, 0.5) is 17.1 Å². The van der Waals surface area contributed by atoms with E-state index in [-0.39, 0.29) is 0 Å². The van der Waals surface area contributed by atoms with Gasteiger partial charge in [-0.1, -0.05) is 140 Å². The molecule has 0 saturated heterocycles. The molecule has 0 spiro atoms. The number of rotatable bonds is 6. The number of anilines is 3. The molecule has 2 nitrogen and oxygen atoms in total. The van der Waals surface area contributed by atoms with E-state index in [9.17, 15) is 0 Å². The highest BCUT2D eigenvalue weighted by molar-refractivity contribution is 7.26. The number of para-hydroxylation sites is 2. The molecule has 0 fully saturated rings. The number of fused-ring (bicyclic) bond motifs is 6. The van der Waals surface area contributed by atoms with E-state index in [1.54, 1.807) is 0 Å². The van der Waals surface area contributed by atoms with E-state index in [2.05, 4.69) is 187 Å². The van der Waals surface area contributed by atoms with Crippen LogP contribution in [0.3, 0.4) is 0 Å². The smallest absolute Gasteiger partial charge is 0.143 e. The Morgan fingerprint density at radius 3 is 1.82 bits per heavy atom. The molecule has 0 unspecified atom stereocenters. The van der Waals surface area contributed by atoms with Crippen molar-refractivity contribution in [2.75, 3.05) is 4.90 Å². The van der Waals surface area contributed by atoms with Gasteiger partial charge in [-0.05, 0) is 70.8 Å². The van der Waals surface area contributed by atoms with Gasteiger partial charge in [-0.3, -0.25) is 0 Å². The number of benzene rings is 8. The molecule has 0 amide bonds. The number of thiophene rings is 1. The largest absolute Gasteiger partial charge is 0.455 e. The Morgan fingerprint density at radius 1 is 0.392 bits per heavy atom. The summed E-state index contributed by atoms with van der Waals surface area (Å²) in [7, 11) is 0. The summed E-state index contributed by atoms with van der Waals surface area (Å²) in [5, 5.41) is 4.81. The van der Waals surface area contributed by atoms with Gasteiger partial charge >= 0.3 is 0 Å². The zero-order valence-electron chi connectivity index (χ0n) is 27.7. The van der Waals surface area contributed by atoms with Gasteiger partial charge in [-0.15, -0.1) is 11.3 Å². The van der Waals surface area contributed by atoms with Gasteiger partial charge in [-0.25, -0.2) is 0 Å². The second-order valence-corrected chi connectivity index (χ2v) is 14.0. The summed E-state index contributed by atoms with van der Waals surface area (Å²) in [5.74, 6) is 0. The Morgan fingerprint density at radius 2 is 1.00 bits per heavy atom. The summed E-state index contributed by atoms with van der Waals surface area (Å²) in [6.45, 7) is 0. The molecule has 0 radical (unpaired) electrons. The molecule has 0 aliphatic rings. The van der Waals surface area contributed by atoms with Gasteiger partial charge in [0, 0.05) is 47.8 Å². The van der Waals surface area contributed by atoms with Gasteiger partial charge in [0.2, 0.25) is 0 Å². The zero-order chi connectivity index (χ0) is 33.7. The fourth-order valence-corrected chi connectivity index (χ4v) is 8.63. The van der Waals surface area contributed by atoms with Crippen LogP contribution in [0.5, 0.6) is 0 Å². The quantitative estimate of drug-likeness (QED) is 0.175. The molecule has 240 valence electrons. The molecule has 0 aliphatic carbocycles. The maximum absolute atomic E-state index is 6.48. The molecule has 0 saturated carbocycles. The van der Waals surface area contributed by atoms with Crippen molar-refractivity contribution in [2.24, 2.45) is 0 Å². The minimum atomic E-state index is 0.897. The van der Waals surface area contributed by atoms with E-state index in [1.807, 2.05) is 17.4 Å². The van der Waals surface area contributed by atoms with E-state index in [1.165, 1.54) is 37.0 Å². The first-order chi connectivity index (χ1) is 25.3. The predicted octanol–water partition coefficient (Wildman–Crippen LogP) is 14.4. The standard InChI is InChI=1S/C48H31NOS/c1-3-13-33(14-4-1)37-17-7-9-21-42(37)49(43-22-12-24-46-47(43)40-18-8-10-23-45(40)51-46)36-28-25-32(26-29-36)35-27-30-44-41(31-35)39-20-11-19-38(48(39)50-44)34-15-5-2-6-16-34/h1-31H. The molecule has 0 N–H and O–H groups in total. The molecule has 0 bridgehead atoms. The Labute approximate surface area is 300 Å². The van der Waals surface area contributed by atoms with Crippen LogP contribution in [-0.4, -0.2) is 0 Å². The van der Waals surface area contributed by atoms with Crippen LogP contribution in [0.1, 0.15) is 0 Å². The van der Waals surface area contributed by atoms with E-state index < -0.39 is 0 Å². The van der Waals surface area contributed by atoms with Crippen LogP contribution in [0, 0.1) is 0 Å². The van der Waals surface area contributed by atoms with Crippen molar-refractivity contribution >= 4 is 70.5 Å². The summed E-state index contributed by atoms with van der Waals surface area (Å²) < 4.78 is 9.06. The van der Waals surface area contributed by atoms with Crippen molar-refractivity contribution in [3.8, 4) is 33.4 Å². The zero-order valence-corrected chi connectivity index (χ0v) is 28.5. The first-order valence-electron chi connectivity index (χ1n) is 17.3. The fraction of sp³-hybridized carbons (Fsp3) is 0.